The molecule has 0 unspecified atom stereocenters. The summed E-state index contributed by atoms with van der Waals surface area (Å²) in [6, 6.07) is 6.12. The van der Waals surface area contributed by atoms with E-state index < -0.39 is 0 Å². The van der Waals surface area contributed by atoms with Gasteiger partial charge in [0.05, 0.1) is 15.7 Å². The molecule has 3 aromatic heterocycles. The van der Waals surface area contributed by atoms with Gasteiger partial charge >= 0.3 is 0 Å². The molecule has 0 radical (unpaired) electrons. The first-order chi connectivity index (χ1) is 9.26. The lowest BCUT2D eigenvalue weighted by molar-refractivity contribution is 1.11. The summed E-state index contributed by atoms with van der Waals surface area (Å²) in [5, 5.41) is 6.33. The Morgan fingerprint density at radius 3 is 2.89 bits per heavy atom. The molecular weight excluding hydrogens is 346 g/mol. The number of hydrazine groups is 1. The van der Waals surface area contributed by atoms with Crippen molar-refractivity contribution in [3.05, 3.63) is 32.2 Å². The predicted molar refractivity (Wildman–Crippen MR) is 84.6 cm³/mol. The summed E-state index contributed by atoms with van der Waals surface area (Å²) in [6.07, 6.45) is 0. The Bertz CT molecular complexity index is 708. The van der Waals surface area contributed by atoms with Gasteiger partial charge in [0, 0.05) is 4.88 Å². The van der Waals surface area contributed by atoms with E-state index in [2.05, 4.69) is 42.7 Å². The zero-order valence-corrected chi connectivity index (χ0v) is 12.9. The number of hydrogen-bond acceptors (Lipinski definition) is 7. The van der Waals surface area contributed by atoms with E-state index in [1.54, 1.807) is 22.7 Å². The molecule has 0 bridgehead atoms. The van der Waals surface area contributed by atoms with Crippen molar-refractivity contribution in [2.75, 3.05) is 10.7 Å². The quantitative estimate of drug-likeness (QED) is 0.493. The van der Waals surface area contributed by atoms with Gasteiger partial charge in [0.25, 0.3) is 0 Å². The molecule has 98 valence electrons. The van der Waals surface area contributed by atoms with Gasteiger partial charge in [-0.1, -0.05) is 0 Å². The Morgan fingerprint density at radius 1 is 1.26 bits per heavy atom. The van der Waals surface area contributed by atoms with Gasteiger partial charge in [0.1, 0.15) is 10.6 Å². The zero-order valence-electron chi connectivity index (χ0n) is 9.68. The Kier molecular flexibility index (Phi) is 3.65. The van der Waals surface area contributed by atoms with Crippen LogP contribution in [0.4, 0.5) is 11.8 Å². The van der Waals surface area contributed by atoms with Gasteiger partial charge in [-0.2, -0.15) is 4.98 Å². The number of anilines is 2. The molecule has 3 rings (SSSR count). The fraction of sp³-hybridized carbons (Fsp3) is 0.0909. The molecule has 0 aromatic carbocycles. The molecule has 3 heterocycles. The first-order valence-electron chi connectivity index (χ1n) is 5.46. The summed E-state index contributed by atoms with van der Waals surface area (Å²) >= 11 is 6.72. The van der Waals surface area contributed by atoms with Crippen molar-refractivity contribution in [3.63, 3.8) is 0 Å². The Labute approximate surface area is 126 Å². The molecule has 0 aliphatic carbocycles. The van der Waals surface area contributed by atoms with Gasteiger partial charge < -0.3 is 5.32 Å². The minimum Gasteiger partial charge on any atom is -0.364 e. The van der Waals surface area contributed by atoms with Crippen molar-refractivity contribution in [2.45, 2.75) is 6.54 Å². The van der Waals surface area contributed by atoms with E-state index in [1.165, 1.54) is 4.88 Å². The third-order valence-electron chi connectivity index (χ3n) is 2.51. The molecule has 4 N–H and O–H groups in total. The number of nitrogens with two attached hydrogens (primary N) is 1. The predicted octanol–water partition coefficient (Wildman–Crippen LogP) is 3.41. The number of rotatable bonds is 4. The molecule has 0 fully saturated rings. The van der Waals surface area contributed by atoms with Crippen molar-refractivity contribution in [3.8, 4) is 0 Å². The average molecular weight is 356 g/mol. The second-order valence-corrected chi connectivity index (χ2v) is 7.18. The lowest BCUT2D eigenvalue weighted by atomic mass is 10.3. The highest BCUT2D eigenvalue weighted by atomic mass is 79.9. The topological polar surface area (TPSA) is 75.9 Å². The number of nitrogens with zero attached hydrogens (tertiary/aromatic N) is 2. The second-order valence-electron chi connectivity index (χ2n) is 3.74. The molecule has 0 saturated heterocycles. The van der Waals surface area contributed by atoms with Crippen LogP contribution in [0.1, 0.15) is 4.88 Å². The Balaban J connectivity index is 1.88. The monoisotopic (exact) mass is 355 g/mol. The third-order valence-corrected chi connectivity index (χ3v) is 4.94. The van der Waals surface area contributed by atoms with Crippen LogP contribution in [0.15, 0.2) is 27.4 Å². The van der Waals surface area contributed by atoms with Crippen molar-refractivity contribution in [1.29, 1.82) is 0 Å². The van der Waals surface area contributed by atoms with Gasteiger partial charge in [0.2, 0.25) is 5.95 Å². The number of hydrogen-bond donors (Lipinski definition) is 3. The summed E-state index contributed by atoms with van der Waals surface area (Å²) in [5.74, 6) is 6.60. The molecule has 3 aromatic rings. The molecule has 0 aliphatic rings. The van der Waals surface area contributed by atoms with Gasteiger partial charge in [-0.3, -0.25) is 5.43 Å². The molecule has 0 aliphatic heterocycles. The minimum absolute atomic E-state index is 0.421. The van der Waals surface area contributed by atoms with Crippen LogP contribution in [0.3, 0.4) is 0 Å². The molecule has 0 atom stereocenters. The molecule has 0 spiro atoms. The normalized spacial score (nSPS) is 10.8. The minimum atomic E-state index is 0.421. The summed E-state index contributed by atoms with van der Waals surface area (Å²) < 4.78 is 1.12. The largest absolute Gasteiger partial charge is 0.364 e. The van der Waals surface area contributed by atoms with Crippen molar-refractivity contribution in [1.82, 2.24) is 9.97 Å². The van der Waals surface area contributed by atoms with Crippen molar-refractivity contribution >= 4 is 60.6 Å². The van der Waals surface area contributed by atoms with Crippen molar-refractivity contribution in [2.24, 2.45) is 5.84 Å². The molecule has 8 heteroatoms. The lowest BCUT2D eigenvalue weighted by Crippen LogP contribution is -2.11. The second kappa shape index (κ2) is 5.41. The van der Waals surface area contributed by atoms with Gasteiger partial charge in [0.15, 0.2) is 0 Å². The average Bonchev–Trinajstić information content (AvgIpc) is 3.04. The maximum Gasteiger partial charge on any atom is 0.240 e. The van der Waals surface area contributed by atoms with E-state index in [0.29, 0.717) is 5.95 Å². The molecule has 19 heavy (non-hydrogen) atoms. The van der Waals surface area contributed by atoms with Gasteiger partial charge in [-0.25, -0.2) is 10.8 Å². The highest BCUT2D eigenvalue weighted by Gasteiger charge is 2.08. The van der Waals surface area contributed by atoms with Crippen LogP contribution in [-0.4, -0.2) is 9.97 Å². The first-order valence-corrected chi connectivity index (χ1v) is 7.95. The van der Waals surface area contributed by atoms with Crippen LogP contribution in [0.2, 0.25) is 0 Å². The summed E-state index contributed by atoms with van der Waals surface area (Å²) in [4.78, 5) is 10.8. The van der Waals surface area contributed by atoms with Gasteiger partial charge in [-0.15, -0.1) is 22.7 Å². The molecule has 0 saturated carbocycles. The SMILES string of the molecule is NNc1nc(NCc2ccc(Br)s2)c2ccsc2n1. The van der Waals surface area contributed by atoms with E-state index in [0.717, 1.165) is 26.4 Å². The number of thiophene rings is 2. The van der Waals surface area contributed by atoms with Crippen LogP contribution in [-0.2, 0) is 6.54 Å². The zero-order chi connectivity index (χ0) is 13.2. The number of fused-ring (bicyclic) bond motifs is 1. The Hall–Kier alpha value is -1.22. The van der Waals surface area contributed by atoms with E-state index in [9.17, 15) is 0 Å². The highest BCUT2D eigenvalue weighted by Crippen LogP contribution is 2.28. The molecule has 5 nitrogen and oxygen atoms in total. The third kappa shape index (κ3) is 2.71. The first kappa shape index (κ1) is 12.8. The summed E-state index contributed by atoms with van der Waals surface area (Å²) in [7, 11) is 0. The maximum atomic E-state index is 5.39. The number of halogens is 1. The van der Waals surface area contributed by atoms with E-state index in [1.807, 2.05) is 17.5 Å². The Morgan fingerprint density at radius 2 is 2.16 bits per heavy atom. The van der Waals surface area contributed by atoms with Gasteiger partial charge in [-0.05, 0) is 39.5 Å². The number of aromatic nitrogens is 2. The van der Waals surface area contributed by atoms with Crippen LogP contribution >= 0.6 is 38.6 Å². The van der Waals surface area contributed by atoms with Crippen molar-refractivity contribution < 1.29 is 0 Å². The number of nitrogen functional groups attached to an aromatic ring is 1. The standard InChI is InChI=1S/C11H10BrN5S2/c12-8-2-1-6(19-8)5-14-9-7-3-4-18-10(7)16-11(15-9)17-13/h1-4H,5,13H2,(H2,14,15,16,17). The van der Waals surface area contributed by atoms with E-state index >= 15 is 0 Å². The van der Waals surface area contributed by atoms with Crippen LogP contribution in [0.25, 0.3) is 10.2 Å². The maximum absolute atomic E-state index is 5.39. The fourth-order valence-electron chi connectivity index (χ4n) is 1.67. The van der Waals surface area contributed by atoms with Crippen LogP contribution in [0.5, 0.6) is 0 Å². The van der Waals surface area contributed by atoms with Crippen LogP contribution < -0.4 is 16.6 Å². The van der Waals surface area contributed by atoms with Crippen LogP contribution in [0, 0.1) is 0 Å². The molecule has 0 amide bonds. The van der Waals surface area contributed by atoms with E-state index in [-0.39, 0.29) is 0 Å². The summed E-state index contributed by atoms with van der Waals surface area (Å²) in [6.45, 7) is 0.724. The van der Waals surface area contributed by atoms with E-state index in [4.69, 9.17) is 5.84 Å². The fourth-order valence-corrected chi connectivity index (χ4v) is 3.86. The molecular formula is C11H10BrN5S2. The smallest absolute Gasteiger partial charge is 0.240 e. The summed E-state index contributed by atoms with van der Waals surface area (Å²) in [5.41, 5.74) is 2.49. The lowest BCUT2D eigenvalue weighted by Gasteiger charge is -2.07. The number of nitrogens with one attached hydrogen (secondary N) is 2. The highest BCUT2D eigenvalue weighted by molar-refractivity contribution is 9.11.